The van der Waals surface area contributed by atoms with E-state index in [1.54, 1.807) is 6.20 Å². The third-order valence-corrected chi connectivity index (χ3v) is 7.23. The van der Waals surface area contributed by atoms with Crippen molar-refractivity contribution in [2.45, 2.75) is 43.5 Å². The Morgan fingerprint density at radius 2 is 1.90 bits per heavy atom. The molecular weight excluding hydrogens is 394 g/mol. The smallest absolute Gasteiger partial charge is 0.122 e. The number of aromatic hydroxyl groups is 1. The summed E-state index contributed by atoms with van der Waals surface area (Å²) in [6.07, 6.45) is 4.42. The first-order valence-electron chi connectivity index (χ1n) is 10.2. The summed E-state index contributed by atoms with van der Waals surface area (Å²) >= 11 is 0. The van der Waals surface area contributed by atoms with Crippen LogP contribution in [0.2, 0.25) is 0 Å². The molecule has 0 spiro atoms. The van der Waals surface area contributed by atoms with Crippen LogP contribution in [0, 0.1) is 20.8 Å². The normalized spacial score (nSPS) is 15.0. The highest BCUT2D eigenvalue weighted by molar-refractivity contribution is 7.85. The van der Waals surface area contributed by atoms with Gasteiger partial charge in [0, 0.05) is 24.8 Å². The van der Waals surface area contributed by atoms with Gasteiger partial charge in [0.2, 0.25) is 0 Å². The van der Waals surface area contributed by atoms with E-state index >= 15 is 0 Å². The zero-order chi connectivity index (χ0) is 21.3. The van der Waals surface area contributed by atoms with E-state index in [4.69, 9.17) is 0 Å². The van der Waals surface area contributed by atoms with Crippen molar-refractivity contribution in [2.24, 2.45) is 0 Å². The molecule has 30 heavy (non-hydrogen) atoms. The summed E-state index contributed by atoms with van der Waals surface area (Å²) in [6, 6.07) is 11.7. The largest absolute Gasteiger partial charge is 0.507 e. The van der Waals surface area contributed by atoms with E-state index in [2.05, 4.69) is 29.0 Å². The molecule has 1 aliphatic rings. The van der Waals surface area contributed by atoms with Crippen LogP contribution in [0.3, 0.4) is 0 Å². The van der Waals surface area contributed by atoms with Crippen molar-refractivity contribution in [1.82, 2.24) is 10.3 Å². The first-order valence-corrected chi connectivity index (χ1v) is 11.4. The van der Waals surface area contributed by atoms with E-state index in [9.17, 15) is 9.32 Å². The van der Waals surface area contributed by atoms with Gasteiger partial charge in [-0.3, -0.25) is 4.98 Å². The molecule has 0 saturated heterocycles. The Balaban J connectivity index is 1.50. The van der Waals surface area contributed by atoms with Gasteiger partial charge in [0.15, 0.2) is 0 Å². The molecule has 3 aromatic rings. The molecule has 1 aromatic heterocycles. The molecule has 156 valence electrons. The number of nitrogens with one attached hydrogen (secondary N) is 1. The number of phenolic OH excluding ortho intramolecular Hbond substituents is 1. The summed E-state index contributed by atoms with van der Waals surface area (Å²) in [5.41, 5.74) is 6.12. The highest BCUT2D eigenvalue weighted by Crippen LogP contribution is 2.44. The second kappa shape index (κ2) is 8.58. The number of aryl methyl sites for hydroxylation is 2. The van der Waals surface area contributed by atoms with Crippen LogP contribution in [-0.4, -0.2) is 27.4 Å². The Hall–Kier alpha value is -2.70. The lowest BCUT2D eigenvalue weighted by molar-refractivity contribution is 0.460. The van der Waals surface area contributed by atoms with E-state index in [1.165, 1.54) is 5.56 Å². The van der Waals surface area contributed by atoms with Crippen molar-refractivity contribution in [2.75, 3.05) is 18.0 Å². The lowest BCUT2D eigenvalue weighted by Crippen LogP contribution is -2.28. The second-order valence-corrected chi connectivity index (χ2v) is 9.15. The van der Waals surface area contributed by atoms with Gasteiger partial charge in [-0.05, 0) is 62.6 Å². The number of phenols is 1. The first-order chi connectivity index (χ1) is 14.5. The minimum atomic E-state index is -1.19. The van der Waals surface area contributed by atoms with E-state index in [0.29, 0.717) is 12.3 Å². The quantitative estimate of drug-likeness (QED) is 0.573. The topological polar surface area (TPSA) is 65.5 Å². The Morgan fingerprint density at radius 3 is 2.73 bits per heavy atom. The fraction of sp³-hybridized carbons (Fsp3) is 0.292. The van der Waals surface area contributed by atoms with Crippen molar-refractivity contribution in [1.29, 1.82) is 0 Å². The molecule has 0 amide bonds. The van der Waals surface area contributed by atoms with Gasteiger partial charge in [0.1, 0.15) is 5.75 Å². The summed E-state index contributed by atoms with van der Waals surface area (Å²) < 4.78 is 13.1. The van der Waals surface area contributed by atoms with Crippen molar-refractivity contribution in [3.63, 3.8) is 0 Å². The Morgan fingerprint density at radius 1 is 1.07 bits per heavy atom. The van der Waals surface area contributed by atoms with Crippen LogP contribution in [0.15, 0.2) is 58.6 Å². The second-order valence-electron chi connectivity index (χ2n) is 7.73. The molecule has 0 fully saturated rings. The number of fused-ring (bicyclic) bond motifs is 2. The molecule has 2 heterocycles. The molecular formula is C24H27N3O2S. The number of pyridine rings is 1. The van der Waals surface area contributed by atoms with Gasteiger partial charge in [-0.25, -0.2) is 4.21 Å². The number of anilines is 2. The third-order valence-electron chi connectivity index (χ3n) is 5.76. The Labute approximate surface area is 180 Å². The van der Waals surface area contributed by atoms with Gasteiger partial charge in [-0.1, -0.05) is 24.3 Å². The molecule has 6 heteroatoms. The summed E-state index contributed by atoms with van der Waals surface area (Å²) in [5.74, 6) is 0.364. The molecule has 4 rings (SSSR count). The lowest BCUT2D eigenvalue weighted by Gasteiger charge is -2.34. The van der Waals surface area contributed by atoms with Crippen LogP contribution in [-0.2, 0) is 17.3 Å². The lowest BCUT2D eigenvalue weighted by atomic mass is 10.1. The van der Waals surface area contributed by atoms with Crippen LogP contribution in [0.4, 0.5) is 11.4 Å². The Kier molecular flexibility index (Phi) is 5.88. The van der Waals surface area contributed by atoms with Crippen molar-refractivity contribution < 1.29 is 9.32 Å². The molecule has 1 unspecified atom stereocenters. The number of para-hydroxylation sites is 1. The summed E-state index contributed by atoms with van der Waals surface area (Å²) in [7, 11) is -1.19. The molecule has 0 bridgehead atoms. The number of benzene rings is 2. The first kappa shape index (κ1) is 20.6. The van der Waals surface area contributed by atoms with E-state index in [0.717, 1.165) is 57.4 Å². The molecule has 5 nitrogen and oxygen atoms in total. The highest BCUT2D eigenvalue weighted by atomic mass is 32.2. The van der Waals surface area contributed by atoms with Crippen LogP contribution in [0.25, 0.3) is 0 Å². The zero-order valence-corrected chi connectivity index (χ0v) is 18.4. The maximum atomic E-state index is 13.1. The van der Waals surface area contributed by atoms with E-state index in [1.807, 2.05) is 49.5 Å². The van der Waals surface area contributed by atoms with Crippen molar-refractivity contribution >= 4 is 22.2 Å². The maximum Gasteiger partial charge on any atom is 0.122 e. The number of rotatable bonds is 6. The minimum Gasteiger partial charge on any atom is -0.507 e. The van der Waals surface area contributed by atoms with E-state index in [-0.39, 0.29) is 0 Å². The molecule has 0 saturated carbocycles. The molecule has 0 radical (unpaired) electrons. The standard InChI is InChI=1S/C24H27N3O2S/c1-16-8-9-22-23(18(16)3)27(20-15-26-12-10-21(20)30(22)29)13-5-11-25-14-19-7-4-6-17(2)24(19)28/h4,6-10,12,15,25,28H,5,11,13-14H2,1-3H3. The number of nitrogens with zero attached hydrogens (tertiary/aromatic N) is 2. The minimum absolute atomic E-state index is 0.364. The fourth-order valence-corrected chi connectivity index (χ4v) is 5.32. The van der Waals surface area contributed by atoms with Crippen LogP contribution in [0.1, 0.15) is 28.7 Å². The predicted molar refractivity (Wildman–Crippen MR) is 121 cm³/mol. The molecule has 0 aliphatic carbocycles. The summed E-state index contributed by atoms with van der Waals surface area (Å²) in [5, 5.41) is 13.6. The van der Waals surface area contributed by atoms with Gasteiger partial charge in [0.25, 0.3) is 0 Å². The number of hydrogen-bond donors (Lipinski definition) is 2. The fourth-order valence-electron chi connectivity index (χ4n) is 3.91. The van der Waals surface area contributed by atoms with Gasteiger partial charge in [-0.15, -0.1) is 0 Å². The molecule has 1 atom stereocenters. The van der Waals surface area contributed by atoms with E-state index < -0.39 is 10.8 Å². The van der Waals surface area contributed by atoms with Crippen molar-refractivity contribution in [3.8, 4) is 5.75 Å². The van der Waals surface area contributed by atoms with Gasteiger partial charge >= 0.3 is 0 Å². The average molecular weight is 422 g/mol. The van der Waals surface area contributed by atoms with Crippen molar-refractivity contribution in [3.05, 3.63) is 71.0 Å². The Bertz CT molecular complexity index is 1110. The molecule has 2 N–H and O–H groups in total. The summed E-state index contributed by atoms with van der Waals surface area (Å²) in [4.78, 5) is 8.24. The van der Waals surface area contributed by atoms with Gasteiger partial charge in [-0.2, -0.15) is 0 Å². The zero-order valence-electron chi connectivity index (χ0n) is 17.6. The van der Waals surface area contributed by atoms with Crippen LogP contribution < -0.4 is 10.2 Å². The predicted octanol–water partition coefficient (Wildman–Crippen LogP) is 4.51. The van der Waals surface area contributed by atoms with Crippen LogP contribution in [0.5, 0.6) is 5.75 Å². The SMILES string of the molecule is Cc1ccc2c(c1C)N(CCCNCc1cccc(C)c1O)c1cnccc1S2=O. The number of hydrogen-bond acceptors (Lipinski definition) is 5. The van der Waals surface area contributed by atoms with Gasteiger partial charge < -0.3 is 15.3 Å². The van der Waals surface area contributed by atoms with Gasteiger partial charge in [0.05, 0.1) is 38.2 Å². The summed E-state index contributed by atoms with van der Waals surface area (Å²) in [6.45, 7) is 8.32. The molecule has 1 aliphatic heterocycles. The monoisotopic (exact) mass is 421 g/mol. The third kappa shape index (κ3) is 3.73. The molecule has 2 aromatic carbocycles. The maximum absolute atomic E-state index is 13.1. The number of aromatic nitrogens is 1. The van der Waals surface area contributed by atoms with Crippen LogP contribution >= 0.6 is 0 Å². The average Bonchev–Trinajstić information content (AvgIpc) is 2.75. The highest BCUT2D eigenvalue weighted by Gasteiger charge is 2.29.